The third-order valence-corrected chi connectivity index (χ3v) is 4.97. The Labute approximate surface area is 136 Å². The highest BCUT2D eigenvalue weighted by atomic mass is 127. The van der Waals surface area contributed by atoms with Crippen LogP contribution in [-0.4, -0.2) is 35.1 Å². The van der Waals surface area contributed by atoms with E-state index in [1.54, 1.807) is 0 Å². The van der Waals surface area contributed by atoms with Crippen molar-refractivity contribution in [2.75, 3.05) is 6.61 Å². The third kappa shape index (κ3) is 6.24. The van der Waals surface area contributed by atoms with E-state index < -0.39 is 0 Å². The fraction of sp³-hybridized carbons (Fsp3) is 0.750. The van der Waals surface area contributed by atoms with Gasteiger partial charge in [0.25, 0.3) is 0 Å². The molecule has 1 heterocycles. The molecule has 1 saturated heterocycles. The average molecular weight is 394 g/mol. The molecule has 0 bridgehead atoms. The SMILES string of the molecule is C=C(I)[C@H](C)C[C@@H](O)CC[C@@H]1O[C@@H](CCCO)CC1=C. The van der Waals surface area contributed by atoms with Gasteiger partial charge in [0.05, 0.1) is 18.3 Å². The number of aliphatic hydroxyl groups is 2. The van der Waals surface area contributed by atoms with Crippen LogP contribution in [0.5, 0.6) is 0 Å². The fourth-order valence-corrected chi connectivity index (χ4v) is 2.81. The van der Waals surface area contributed by atoms with E-state index >= 15 is 0 Å². The summed E-state index contributed by atoms with van der Waals surface area (Å²) in [6.45, 7) is 10.3. The Morgan fingerprint density at radius 1 is 1.50 bits per heavy atom. The smallest absolute Gasteiger partial charge is 0.0788 e. The van der Waals surface area contributed by atoms with Crippen LogP contribution in [0.1, 0.15) is 45.4 Å². The predicted octanol–water partition coefficient (Wildman–Crippen LogP) is 3.59. The molecule has 4 atom stereocenters. The van der Waals surface area contributed by atoms with Crippen LogP contribution in [0.3, 0.4) is 0 Å². The summed E-state index contributed by atoms with van der Waals surface area (Å²) in [5.41, 5.74) is 1.13. The van der Waals surface area contributed by atoms with E-state index in [4.69, 9.17) is 9.84 Å². The second-order valence-electron chi connectivity index (χ2n) is 5.79. The van der Waals surface area contributed by atoms with E-state index in [-0.39, 0.29) is 24.9 Å². The number of rotatable bonds is 9. The van der Waals surface area contributed by atoms with E-state index in [2.05, 4.69) is 42.7 Å². The van der Waals surface area contributed by atoms with Crippen LogP contribution in [-0.2, 0) is 4.74 Å². The zero-order valence-electron chi connectivity index (χ0n) is 12.4. The van der Waals surface area contributed by atoms with Gasteiger partial charge in [0, 0.05) is 6.61 Å². The molecule has 20 heavy (non-hydrogen) atoms. The Balaban J connectivity index is 2.27. The van der Waals surface area contributed by atoms with Crippen molar-refractivity contribution in [1.29, 1.82) is 0 Å². The van der Waals surface area contributed by atoms with E-state index in [0.29, 0.717) is 5.92 Å². The Morgan fingerprint density at radius 3 is 2.80 bits per heavy atom. The Morgan fingerprint density at radius 2 is 2.20 bits per heavy atom. The van der Waals surface area contributed by atoms with E-state index in [1.807, 2.05) is 0 Å². The second kappa shape index (κ2) is 9.18. The molecular formula is C16H27IO3. The molecule has 0 aromatic rings. The van der Waals surface area contributed by atoms with Crippen molar-refractivity contribution >= 4 is 22.6 Å². The highest BCUT2D eigenvalue weighted by molar-refractivity contribution is 14.1. The summed E-state index contributed by atoms with van der Waals surface area (Å²) in [6, 6.07) is 0. The summed E-state index contributed by atoms with van der Waals surface area (Å²) in [6.07, 6.45) is 4.86. The standard InChI is InChI=1S/C16H27IO3/c1-11(13(3)17)9-14(19)6-7-16-12(2)10-15(20-16)5-4-8-18/h11,14-16,18-19H,2-10H2,1H3/t11-,14+,15+,16+/m1/s1. The first-order chi connectivity index (χ1) is 9.43. The van der Waals surface area contributed by atoms with Crippen LogP contribution < -0.4 is 0 Å². The van der Waals surface area contributed by atoms with Gasteiger partial charge < -0.3 is 14.9 Å². The maximum absolute atomic E-state index is 10.1. The lowest BCUT2D eigenvalue weighted by atomic mass is 9.97. The lowest BCUT2D eigenvalue weighted by Gasteiger charge is -2.18. The van der Waals surface area contributed by atoms with Crippen molar-refractivity contribution in [2.24, 2.45) is 5.92 Å². The molecule has 2 N–H and O–H groups in total. The van der Waals surface area contributed by atoms with Gasteiger partial charge in [0.15, 0.2) is 0 Å². The molecule has 1 rings (SSSR count). The first-order valence-corrected chi connectivity index (χ1v) is 8.48. The quantitative estimate of drug-likeness (QED) is 0.464. The minimum absolute atomic E-state index is 0.0754. The molecule has 0 aliphatic carbocycles. The van der Waals surface area contributed by atoms with Crippen molar-refractivity contribution in [3.8, 4) is 0 Å². The number of aliphatic hydroxyl groups excluding tert-OH is 2. The van der Waals surface area contributed by atoms with Crippen molar-refractivity contribution in [2.45, 2.75) is 63.8 Å². The minimum atomic E-state index is -0.301. The molecule has 0 radical (unpaired) electrons. The number of hydrogen-bond acceptors (Lipinski definition) is 3. The Kier molecular flexibility index (Phi) is 8.32. The summed E-state index contributed by atoms with van der Waals surface area (Å²) < 4.78 is 7.03. The summed E-state index contributed by atoms with van der Waals surface area (Å²) in [5.74, 6) is 0.343. The maximum Gasteiger partial charge on any atom is 0.0788 e. The van der Waals surface area contributed by atoms with Gasteiger partial charge >= 0.3 is 0 Å². The van der Waals surface area contributed by atoms with Crippen LogP contribution in [0.2, 0.25) is 0 Å². The molecule has 0 spiro atoms. The molecule has 0 amide bonds. The number of ether oxygens (including phenoxy) is 1. The summed E-state index contributed by atoms with van der Waals surface area (Å²) in [7, 11) is 0. The van der Waals surface area contributed by atoms with E-state index in [0.717, 1.165) is 47.7 Å². The van der Waals surface area contributed by atoms with Crippen molar-refractivity contribution in [3.63, 3.8) is 0 Å². The lowest BCUT2D eigenvalue weighted by molar-refractivity contribution is 0.0292. The van der Waals surface area contributed by atoms with Crippen molar-refractivity contribution in [3.05, 3.63) is 22.3 Å². The molecular weight excluding hydrogens is 367 g/mol. The molecule has 0 unspecified atom stereocenters. The van der Waals surface area contributed by atoms with Crippen molar-refractivity contribution < 1.29 is 14.9 Å². The van der Waals surface area contributed by atoms with Crippen molar-refractivity contribution in [1.82, 2.24) is 0 Å². The zero-order valence-corrected chi connectivity index (χ0v) is 14.5. The maximum atomic E-state index is 10.1. The molecule has 3 nitrogen and oxygen atoms in total. The molecule has 1 aliphatic heterocycles. The highest BCUT2D eigenvalue weighted by Crippen LogP contribution is 2.31. The number of hydrogen-bond donors (Lipinski definition) is 2. The van der Waals surface area contributed by atoms with Crippen LogP contribution in [0.15, 0.2) is 22.3 Å². The lowest BCUT2D eigenvalue weighted by Crippen LogP contribution is -2.17. The number of allylic oxidation sites excluding steroid dienone is 1. The Bertz CT molecular complexity index is 330. The fourth-order valence-electron chi connectivity index (χ4n) is 2.56. The average Bonchev–Trinajstić information content (AvgIpc) is 2.74. The molecule has 0 aromatic carbocycles. The normalized spacial score (nSPS) is 25.7. The first-order valence-electron chi connectivity index (χ1n) is 7.40. The molecule has 0 aromatic heterocycles. The molecule has 1 fully saturated rings. The second-order valence-corrected chi connectivity index (χ2v) is 7.18. The summed E-state index contributed by atoms with van der Waals surface area (Å²) >= 11 is 2.22. The molecule has 0 saturated carbocycles. The van der Waals surface area contributed by atoms with Crippen LogP contribution >= 0.6 is 22.6 Å². The third-order valence-electron chi connectivity index (χ3n) is 3.91. The number of halogens is 1. The van der Waals surface area contributed by atoms with Gasteiger partial charge in [-0.25, -0.2) is 0 Å². The minimum Gasteiger partial charge on any atom is -0.396 e. The highest BCUT2D eigenvalue weighted by Gasteiger charge is 2.28. The van der Waals surface area contributed by atoms with Gasteiger partial charge in [-0.3, -0.25) is 0 Å². The first kappa shape index (κ1) is 18.1. The topological polar surface area (TPSA) is 49.7 Å². The van der Waals surface area contributed by atoms with Crippen LogP contribution in [0.25, 0.3) is 0 Å². The van der Waals surface area contributed by atoms with E-state index in [1.165, 1.54) is 0 Å². The van der Waals surface area contributed by atoms with Crippen LogP contribution in [0.4, 0.5) is 0 Å². The monoisotopic (exact) mass is 394 g/mol. The van der Waals surface area contributed by atoms with Gasteiger partial charge in [0.1, 0.15) is 0 Å². The van der Waals surface area contributed by atoms with Gasteiger partial charge in [0.2, 0.25) is 0 Å². The summed E-state index contributed by atoms with van der Waals surface area (Å²) in [4.78, 5) is 0. The summed E-state index contributed by atoms with van der Waals surface area (Å²) in [5, 5.41) is 18.9. The van der Waals surface area contributed by atoms with Crippen LogP contribution in [0, 0.1) is 5.92 Å². The van der Waals surface area contributed by atoms with Gasteiger partial charge in [-0.05, 0) is 76.2 Å². The van der Waals surface area contributed by atoms with Gasteiger partial charge in [-0.1, -0.05) is 20.1 Å². The Hall–Kier alpha value is 0.0900. The molecule has 1 aliphatic rings. The molecule has 4 heteroatoms. The van der Waals surface area contributed by atoms with Gasteiger partial charge in [-0.15, -0.1) is 0 Å². The van der Waals surface area contributed by atoms with Gasteiger partial charge in [-0.2, -0.15) is 0 Å². The largest absolute Gasteiger partial charge is 0.396 e. The molecule has 116 valence electrons. The van der Waals surface area contributed by atoms with E-state index in [9.17, 15) is 5.11 Å². The zero-order chi connectivity index (χ0) is 15.1. The predicted molar refractivity (Wildman–Crippen MR) is 90.9 cm³/mol.